The van der Waals surface area contributed by atoms with Gasteiger partial charge in [-0.15, -0.1) is 0 Å². The molecule has 10 aromatic carbocycles. The van der Waals surface area contributed by atoms with Gasteiger partial charge in [-0.25, -0.2) is 0 Å². The standard InChI is InChI=1S/C88H92O16/c89-86-83(97-58-71-45-25-8-26-46-71)81(95-56-69-41-21-6-22-42-69)78(75(100-86)62-91-52-65-33-13-2-14-34-65)103-88-85(99-60-73-49-29-10-30-50-73)82(96-57-70-43-23-7-24-44-70)79(76(102-88)63-92-53-66-35-15-3-16-36-66)104-87-84(98-59-72-47-27-9-28-48-72)80(94-55-68-39-19-5-20-40-68)77(93-54-67-37-17-4-18-38-67)74(101-87)61-90-51-64-31-11-1-12-32-64/h1-50,74-89H,51-63H2/t74-,75-,76-,77-,78-,79-,80+,81+,82+,83-,84-,85-,86?,87-,88-/m1/s1. The van der Waals surface area contributed by atoms with Crippen LogP contribution < -0.4 is 0 Å². The van der Waals surface area contributed by atoms with Gasteiger partial charge in [-0.3, -0.25) is 0 Å². The molecule has 0 amide bonds. The van der Waals surface area contributed by atoms with Crippen molar-refractivity contribution >= 4 is 0 Å². The Bertz CT molecular complexity index is 3960. The summed E-state index contributed by atoms with van der Waals surface area (Å²) in [5.41, 5.74) is 9.20. The van der Waals surface area contributed by atoms with E-state index in [2.05, 4.69) is 0 Å². The Morgan fingerprint density at radius 2 is 0.394 bits per heavy atom. The third-order valence-electron chi connectivity index (χ3n) is 18.6. The summed E-state index contributed by atoms with van der Waals surface area (Å²) in [6.07, 6.45) is -16.1. The molecule has 3 aliphatic heterocycles. The number of benzene rings is 10. The van der Waals surface area contributed by atoms with Gasteiger partial charge in [0.1, 0.15) is 73.2 Å². The zero-order valence-corrected chi connectivity index (χ0v) is 58.3. The van der Waals surface area contributed by atoms with Gasteiger partial charge in [-0.2, -0.15) is 0 Å². The van der Waals surface area contributed by atoms with Crippen LogP contribution in [-0.4, -0.2) is 117 Å². The molecule has 0 saturated carbocycles. The van der Waals surface area contributed by atoms with Crippen molar-refractivity contribution in [3.8, 4) is 0 Å². The van der Waals surface area contributed by atoms with Gasteiger partial charge in [0.25, 0.3) is 0 Å². The molecule has 3 saturated heterocycles. The van der Waals surface area contributed by atoms with Crippen LogP contribution in [0.5, 0.6) is 0 Å². The summed E-state index contributed by atoms with van der Waals surface area (Å²) in [7, 11) is 0. The number of hydrogen-bond donors (Lipinski definition) is 1. The Labute approximate surface area is 610 Å². The lowest BCUT2D eigenvalue weighted by Gasteiger charge is -2.51. The molecule has 0 radical (unpaired) electrons. The van der Waals surface area contributed by atoms with Gasteiger partial charge in [0.15, 0.2) is 18.9 Å². The van der Waals surface area contributed by atoms with E-state index in [4.69, 9.17) is 71.1 Å². The van der Waals surface area contributed by atoms with Crippen LogP contribution in [0.1, 0.15) is 55.6 Å². The van der Waals surface area contributed by atoms with E-state index in [1.54, 1.807) is 0 Å². The highest BCUT2D eigenvalue weighted by Gasteiger charge is 2.57. The molecular weight excluding hydrogens is 1310 g/mol. The lowest BCUT2D eigenvalue weighted by atomic mass is 9.95. The maximum atomic E-state index is 12.4. The monoisotopic (exact) mass is 1400 g/mol. The van der Waals surface area contributed by atoms with Crippen LogP contribution in [0.25, 0.3) is 0 Å². The van der Waals surface area contributed by atoms with Crippen molar-refractivity contribution in [3.05, 3.63) is 359 Å². The van der Waals surface area contributed by atoms with Gasteiger partial charge < -0.3 is 76.2 Å². The highest BCUT2D eigenvalue weighted by atomic mass is 16.8. The number of aliphatic hydroxyl groups is 1. The van der Waals surface area contributed by atoms with Crippen molar-refractivity contribution in [2.45, 2.75) is 158 Å². The Morgan fingerprint density at radius 1 is 0.202 bits per heavy atom. The Hall–Kier alpha value is -8.44. The van der Waals surface area contributed by atoms with E-state index in [1.165, 1.54) is 0 Å². The summed E-state index contributed by atoms with van der Waals surface area (Å²) in [5.74, 6) is 0. The topological polar surface area (TPSA) is 159 Å². The average molecular weight is 1410 g/mol. The summed E-state index contributed by atoms with van der Waals surface area (Å²) < 4.78 is 108. The third kappa shape index (κ3) is 21.6. The van der Waals surface area contributed by atoms with E-state index in [9.17, 15) is 5.11 Å². The number of rotatable bonds is 37. The fraction of sp³-hybridized carbons (Fsp3) is 0.318. The quantitative estimate of drug-likeness (QED) is 0.0392. The number of aliphatic hydroxyl groups excluding tert-OH is 1. The summed E-state index contributed by atoms with van der Waals surface area (Å²) in [6.45, 7) is 1.71. The molecule has 0 aromatic heterocycles. The van der Waals surface area contributed by atoms with Crippen LogP contribution in [0.2, 0.25) is 0 Å². The van der Waals surface area contributed by atoms with E-state index in [0.717, 1.165) is 55.6 Å². The average Bonchev–Trinajstić information content (AvgIpc) is 0.764. The van der Waals surface area contributed by atoms with Crippen molar-refractivity contribution in [2.24, 2.45) is 0 Å². The van der Waals surface area contributed by atoms with Gasteiger partial charge in [0.05, 0.1) is 85.9 Å². The summed E-state index contributed by atoms with van der Waals surface area (Å²) in [5, 5.41) is 12.4. The van der Waals surface area contributed by atoms with Crippen molar-refractivity contribution in [2.75, 3.05) is 19.8 Å². The van der Waals surface area contributed by atoms with Crippen molar-refractivity contribution < 1.29 is 76.2 Å². The van der Waals surface area contributed by atoms with Crippen molar-refractivity contribution in [1.82, 2.24) is 0 Å². The molecule has 3 aliphatic rings. The summed E-state index contributed by atoms with van der Waals surface area (Å²) in [4.78, 5) is 0. The summed E-state index contributed by atoms with van der Waals surface area (Å²) in [6, 6.07) is 99.4. The Kier molecular flexibility index (Phi) is 28.1. The van der Waals surface area contributed by atoms with E-state index in [-0.39, 0.29) is 79.3 Å². The molecule has 540 valence electrons. The van der Waals surface area contributed by atoms with Crippen molar-refractivity contribution in [1.29, 1.82) is 0 Å². The second-order valence-corrected chi connectivity index (χ2v) is 26.2. The Morgan fingerprint density at radius 3 is 0.663 bits per heavy atom. The van der Waals surface area contributed by atoms with E-state index in [1.807, 2.05) is 303 Å². The van der Waals surface area contributed by atoms with Crippen LogP contribution in [0, 0.1) is 0 Å². The van der Waals surface area contributed by atoms with Gasteiger partial charge in [0, 0.05) is 0 Å². The smallest absolute Gasteiger partial charge is 0.187 e. The van der Waals surface area contributed by atoms with Crippen LogP contribution in [0.3, 0.4) is 0 Å². The molecular formula is C88H92O16. The zero-order valence-electron chi connectivity index (χ0n) is 58.3. The molecule has 3 heterocycles. The molecule has 104 heavy (non-hydrogen) atoms. The second kappa shape index (κ2) is 39.6. The largest absolute Gasteiger partial charge is 0.374 e. The van der Waals surface area contributed by atoms with Gasteiger partial charge in [0.2, 0.25) is 0 Å². The molecule has 1 N–H and O–H groups in total. The normalized spacial score (nSPS) is 24.8. The number of hydrogen-bond acceptors (Lipinski definition) is 16. The molecule has 16 heteroatoms. The van der Waals surface area contributed by atoms with E-state index >= 15 is 0 Å². The summed E-state index contributed by atoms with van der Waals surface area (Å²) >= 11 is 0. The first-order chi connectivity index (χ1) is 51.5. The first-order valence-electron chi connectivity index (χ1n) is 35.9. The van der Waals surface area contributed by atoms with Gasteiger partial charge in [-0.05, 0) is 55.6 Å². The zero-order chi connectivity index (χ0) is 70.6. The maximum Gasteiger partial charge on any atom is 0.187 e. The molecule has 1 unspecified atom stereocenters. The molecule has 0 bridgehead atoms. The van der Waals surface area contributed by atoms with Crippen LogP contribution in [0.15, 0.2) is 303 Å². The van der Waals surface area contributed by atoms with Crippen LogP contribution >= 0.6 is 0 Å². The maximum absolute atomic E-state index is 12.4. The highest BCUT2D eigenvalue weighted by Crippen LogP contribution is 2.40. The van der Waals surface area contributed by atoms with Gasteiger partial charge in [-0.1, -0.05) is 303 Å². The minimum Gasteiger partial charge on any atom is -0.374 e. The van der Waals surface area contributed by atoms with Crippen molar-refractivity contribution in [3.63, 3.8) is 0 Å². The first-order valence-corrected chi connectivity index (χ1v) is 35.9. The lowest BCUT2D eigenvalue weighted by molar-refractivity contribution is -0.394. The molecule has 15 atom stereocenters. The van der Waals surface area contributed by atoms with Crippen LogP contribution in [0.4, 0.5) is 0 Å². The predicted molar refractivity (Wildman–Crippen MR) is 391 cm³/mol. The van der Waals surface area contributed by atoms with Gasteiger partial charge >= 0.3 is 0 Å². The highest BCUT2D eigenvalue weighted by molar-refractivity contribution is 5.21. The fourth-order valence-corrected chi connectivity index (χ4v) is 13.2. The molecule has 0 spiro atoms. The first kappa shape index (κ1) is 73.9. The SMILES string of the molecule is OC1O[C@H](COCc2ccccc2)[C@@H](O[C@H]2O[C@H](COCc3ccccc3)[C@@H](O[C@H]3O[C@H](COCc4ccccc4)[C@@H](OCc4ccccc4)[C@H](OCc4ccccc4)[C@H]3OCc3ccccc3)[C@H](OCc3ccccc3)[C@H]2OCc2ccccc2)[C@H](OCc2ccccc2)[C@H]1OCc1ccccc1. The predicted octanol–water partition coefficient (Wildman–Crippen LogP) is 14.7. The third-order valence-corrected chi connectivity index (χ3v) is 18.6. The van der Waals surface area contributed by atoms with Crippen LogP contribution in [-0.2, 0) is 137 Å². The van der Waals surface area contributed by atoms with E-state index in [0.29, 0.717) is 6.61 Å². The minimum atomic E-state index is -1.50. The minimum absolute atomic E-state index is 0.0397. The Balaban J connectivity index is 0.929. The second-order valence-electron chi connectivity index (χ2n) is 26.2. The lowest BCUT2D eigenvalue weighted by Crippen LogP contribution is -2.68. The molecule has 13 rings (SSSR count). The fourth-order valence-electron chi connectivity index (χ4n) is 13.2. The number of ether oxygens (including phenoxy) is 15. The molecule has 10 aromatic rings. The molecule has 0 aliphatic carbocycles. The molecule has 16 nitrogen and oxygen atoms in total. The van der Waals surface area contributed by atoms with E-state index < -0.39 is 92.1 Å². The molecule has 3 fully saturated rings.